The van der Waals surface area contributed by atoms with Gasteiger partial charge in [-0.1, -0.05) is 19.9 Å². The van der Waals surface area contributed by atoms with Gasteiger partial charge in [0.2, 0.25) is 5.91 Å². The van der Waals surface area contributed by atoms with E-state index in [-0.39, 0.29) is 11.3 Å². The van der Waals surface area contributed by atoms with Crippen LogP contribution in [0.3, 0.4) is 0 Å². The van der Waals surface area contributed by atoms with Crippen molar-refractivity contribution in [3.8, 4) is 0 Å². The van der Waals surface area contributed by atoms with Crippen LogP contribution >= 0.6 is 0 Å². The molecule has 1 fully saturated rings. The van der Waals surface area contributed by atoms with Crippen molar-refractivity contribution in [3.05, 3.63) is 29.8 Å². The molecular formula is C14H21N3O. The summed E-state index contributed by atoms with van der Waals surface area (Å²) in [4.78, 5) is 11.2. The van der Waals surface area contributed by atoms with Gasteiger partial charge >= 0.3 is 0 Å². The summed E-state index contributed by atoms with van der Waals surface area (Å²) in [5.74, 6) is -0.386. The molecule has 0 bridgehead atoms. The Morgan fingerprint density at radius 3 is 2.94 bits per heavy atom. The first-order chi connectivity index (χ1) is 8.49. The highest BCUT2D eigenvalue weighted by Gasteiger charge is 2.31. The van der Waals surface area contributed by atoms with E-state index in [1.165, 1.54) is 0 Å². The number of primary amides is 1. The van der Waals surface area contributed by atoms with Crippen LogP contribution in [0.1, 0.15) is 30.6 Å². The first kappa shape index (κ1) is 12.9. The van der Waals surface area contributed by atoms with E-state index in [4.69, 9.17) is 5.73 Å². The lowest BCUT2D eigenvalue weighted by Crippen LogP contribution is -2.49. The van der Waals surface area contributed by atoms with E-state index in [0.29, 0.717) is 11.6 Å². The predicted octanol–water partition coefficient (Wildman–Crippen LogP) is 1.59. The molecule has 0 aromatic heterocycles. The molecular weight excluding hydrogens is 226 g/mol. The second-order valence-electron chi connectivity index (χ2n) is 5.60. The average molecular weight is 247 g/mol. The summed E-state index contributed by atoms with van der Waals surface area (Å²) >= 11 is 0. The Balaban J connectivity index is 2.13. The van der Waals surface area contributed by atoms with Gasteiger partial charge in [-0.3, -0.25) is 4.79 Å². The Bertz CT molecular complexity index is 442. The topological polar surface area (TPSA) is 67.2 Å². The molecule has 1 heterocycles. The molecule has 18 heavy (non-hydrogen) atoms. The molecule has 4 nitrogen and oxygen atoms in total. The number of benzene rings is 1. The van der Waals surface area contributed by atoms with Crippen molar-refractivity contribution in [2.24, 2.45) is 11.1 Å². The van der Waals surface area contributed by atoms with Gasteiger partial charge in [0.1, 0.15) is 0 Å². The van der Waals surface area contributed by atoms with Crippen molar-refractivity contribution in [2.45, 2.75) is 26.3 Å². The second-order valence-corrected chi connectivity index (χ2v) is 5.60. The zero-order valence-electron chi connectivity index (χ0n) is 11.0. The molecule has 98 valence electrons. The molecule has 1 unspecified atom stereocenters. The molecule has 1 aromatic carbocycles. The first-order valence-corrected chi connectivity index (χ1v) is 6.36. The molecule has 0 aliphatic carbocycles. The van der Waals surface area contributed by atoms with Crippen molar-refractivity contribution in [1.82, 2.24) is 5.32 Å². The Labute approximate surface area is 108 Å². The SMILES string of the molecule is CC1(C)CNCCC1Nc1cccc(C(N)=O)c1. The standard InChI is InChI=1S/C14H21N3O/c1-14(2)9-16-7-6-12(14)17-11-5-3-4-10(8-11)13(15)18/h3-5,8,12,16-17H,6-7,9H2,1-2H3,(H2,15,18). The average Bonchev–Trinajstić information content (AvgIpc) is 2.32. The fourth-order valence-electron chi connectivity index (χ4n) is 2.40. The van der Waals surface area contributed by atoms with Crippen LogP contribution in [0.4, 0.5) is 5.69 Å². The smallest absolute Gasteiger partial charge is 0.248 e. The molecule has 1 aliphatic rings. The molecule has 1 saturated heterocycles. The van der Waals surface area contributed by atoms with Crippen LogP contribution in [-0.4, -0.2) is 25.0 Å². The molecule has 0 radical (unpaired) electrons. The molecule has 4 heteroatoms. The Hall–Kier alpha value is -1.55. The summed E-state index contributed by atoms with van der Waals surface area (Å²) < 4.78 is 0. The van der Waals surface area contributed by atoms with Gasteiger partial charge in [0, 0.05) is 23.8 Å². The van der Waals surface area contributed by atoms with Crippen LogP contribution in [0, 0.1) is 5.41 Å². The molecule has 0 saturated carbocycles. The molecule has 1 aliphatic heterocycles. The third-order valence-corrected chi connectivity index (χ3v) is 3.62. The van der Waals surface area contributed by atoms with Crippen LogP contribution in [0.5, 0.6) is 0 Å². The number of hydrogen-bond acceptors (Lipinski definition) is 3. The quantitative estimate of drug-likeness (QED) is 0.759. The summed E-state index contributed by atoms with van der Waals surface area (Å²) in [5, 5.41) is 6.92. The fourth-order valence-corrected chi connectivity index (χ4v) is 2.40. The summed E-state index contributed by atoms with van der Waals surface area (Å²) in [6.07, 6.45) is 1.08. The minimum atomic E-state index is -0.386. The minimum absolute atomic E-state index is 0.195. The van der Waals surface area contributed by atoms with E-state index in [1.54, 1.807) is 6.07 Å². The van der Waals surface area contributed by atoms with Crippen LogP contribution < -0.4 is 16.4 Å². The van der Waals surface area contributed by atoms with E-state index < -0.39 is 0 Å². The van der Waals surface area contributed by atoms with E-state index in [2.05, 4.69) is 24.5 Å². The lowest BCUT2D eigenvalue weighted by Gasteiger charge is -2.40. The number of piperidine rings is 1. The molecule has 1 aromatic rings. The van der Waals surface area contributed by atoms with Crippen molar-refractivity contribution < 1.29 is 4.79 Å². The number of carbonyl (C=O) groups is 1. The molecule has 1 amide bonds. The van der Waals surface area contributed by atoms with Gasteiger partial charge in [0.05, 0.1) is 0 Å². The van der Waals surface area contributed by atoms with Crippen LogP contribution in [0.2, 0.25) is 0 Å². The van der Waals surface area contributed by atoms with Gasteiger partial charge < -0.3 is 16.4 Å². The molecule has 0 spiro atoms. The number of amides is 1. The maximum absolute atomic E-state index is 11.2. The van der Waals surface area contributed by atoms with Crippen molar-refractivity contribution in [2.75, 3.05) is 18.4 Å². The number of hydrogen-bond donors (Lipinski definition) is 3. The number of rotatable bonds is 3. The summed E-state index contributed by atoms with van der Waals surface area (Å²) in [6, 6.07) is 7.80. The van der Waals surface area contributed by atoms with E-state index >= 15 is 0 Å². The molecule has 1 atom stereocenters. The Kier molecular flexibility index (Phi) is 3.57. The fraction of sp³-hybridized carbons (Fsp3) is 0.500. The zero-order chi connectivity index (χ0) is 13.2. The van der Waals surface area contributed by atoms with Crippen molar-refractivity contribution >= 4 is 11.6 Å². The maximum Gasteiger partial charge on any atom is 0.248 e. The third-order valence-electron chi connectivity index (χ3n) is 3.62. The minimum Gasteiger partial charge on any atom is -0.382 e. The number of nitrogens with two attached hydrogens (primary N) is 1. The van der Waals surface area contributed by atoms with Crippen LogP contribution in [0.15, 0.2) is 24.3 Å². The van der Waals surface area contributed by atoms with Crippen molar-refractivity contribution in [3.63, 3.8) is 0 Å². The van der Waals surface area contributed by atoms with Crippen LogP contribution in [0.25, 0.3) is 0 Å². The van der Waals surface area contributed by atoms with Gasteiger partial charge in [-0.05, 0) is 36.6 Å². The largest absolute Gasteiger partial charge is 0.382 e. The van der Waals surface area contributed by atoms with Gasteiger partial charge in [0.15, 0.2) is 0 Å². The van der Waals surface area contributed by atoms with E-state index in [0.717, 1.165) is 25.2 Å². The summed E-state index contributed by atoms with van der Waals surface area (Å²) in [6.45, 7) is 6.51. The Morgan fingerprint density at radius 1 is 1.50 bits per heavy atom. The molecule has 2 rings (SSSR count). The monoisotopic (exact) mass is 247 g/mol. The van der Waals surface area contributed by atoms with Gasteiger partial charge in [-0.25, -0.2) is 0 Å². The lowest BCUT2D eigenvalue weighted by atomic mass is 9.80. The highest BCUT2D eigenvalue weighted by Crippen LogP contribution is 2.28. The van der Waals surface area contributed by atoms with Crippen LogP contribution in [-0.2, 0) is 0 Å². The maximum atomic E-state index is 11.2. The highest BCUT2D eigenvalue weighted by molar-refractivity contribution is 5.93. The predicted molar refractivity (Wildman–Crippen MR) is 73.6 cm³/mol. The summed E-state index contributed by atoms with van der Waals surface area (Å²) in [5.41, 5.74) is 7.00. The third kappa shape index (κ3) is 2.82. The number of anilines is 1. The van der Waals surface area contributed by atoms with Gasteiger partial charge in [-0.2, -0.15) is 0 Å². The molecule has 4 N–H and O–H groups in total. The number of carbonyl (C=O) groups excluding carboxylic acids is 1. The van der Waals surface area contributed by atoms with E-state index in [9.17, 15) is 4.79 Å². The van der Waals surface area contributed by atoms with Gasteiger partial charge in [-0.15, -0.1) is 0 Å². The summed E-state index contributed by atoms with van der Waals surface area (Å²) in [7, 11) is 0. The lowest BCUT2D eigenvalue weighted by molar-refractivity contribution is 0.100. The second kappa shape index (κ2) is 4.98. The normalized spacial score (nSPS) is 22.4. The first-order valence-electron chi connectivity index (χ1n) is 6.36. The Morgan fingerprint density at radius 2 is 2.28 bits per heavy atom. The number of nitrogens with one attached hydrogen (secondary N) is 2. The van der Waals surface area contributed by atoms with Gasteiger partial charge in [0.25, 0.3) is 0 Å². The zero-order valence-corrected chi connectivity index (χ0v) is 11.0. The highest BCUT2D eigenvalue weighted by atomic mass is 16.1. The van der Waals surface area contributed by atoms with E-state index in [1.807, 2.05) is 18.2 Å². The van der Waals surface area contributed by atoms with Crippen molar-refractivity contribution in [1.29, 1.82) is 0 Å².